The average molecular weight is 325 g/mol. The van der Waals surface area contributed by atoms with Crippen LogP contribution in [0.3, 0.4) is 0 Å². The van der Waals surface area contributed by atoms with Crippen LogP contribution in [0.1, 0.15) is 43.6 Å². The number of nitrogens with zero attached hydrogens (tertiary/aromatic N) is 5. The zero-order valence-electron chi connectivity index (χ0n) is 14.5. The molecular formula is C19H27N5. The van der Waals surface area contributed by atoms with Gasteiger partial charge >= 0.3 is 0 Å². The molecule has 5 heteroatoms. The van der Waals surface area contributed by atoms with Gasteiger partial charge in [-0.25, -0.2) is 0 Å². The molecule has 24 heavy (non-hydrogen) atoms. The van der Waals surface area contributed by atoms with E-state index >= 15 is 0 Å². The Morgan fingerprint density at radius 1 is 1.12 bits per heavy atom. The summed E-state index contributed by atoms with van der Waals surface area (Å²) in [4.78, 5) is 5.26. The van der Waals surface area contributed by atoms with Crippen LogP contribution in [0.5, 0.6) is 0 Å². The van der Waals surface area contributed by atoms with E-state index in [1.54, 1.807) is 0 Å². The molecule has 2 fully saturated rings. The van der Waals surface area contributed by atoms with Crippen LogP contribution in [-0.4, -0.2) is 56.8 Å². The Kier molecular flexibility index (Phi) is 4.63. The van der Waals surface area contributed by atoms with Gasteiger partial charge in [0.25, 0.3) is 0 Å². The summed E-state index contributed by atoms with van der Waals surface area (Å²) in [6, 6.07) is 11.6. The largest absolute Gasteiger partial charge is 0.312 e. The highest BCUT2D eigenvalue weighted by molar-refractivity contribution is 5.15. The molecular weight excluding hydrogens is 298 g/mol. The highest BCUT2D eigenvalue weighted by Gasteiger charge is 2.33. The summed E-state index contributed by atoms with van der Waals surface area (Å²) in [5.41, 5.74) is 1.29. The highest BCUT2D eigenvalue weighted by atomic mass is 15.3. The van der Waals surface area contributed by atoms with Crippen molar-refractivity contribution in [1.29, 1.82) is 0 Å². The molecule has 0 bridgehead atoms. The third kappa shape index (κ3) is 3.23. The van der Waals surface area contributed by atoms with Gasteiger partial charge in [0.05, 0.1) is 12.6 Å². The molecule has 0 N–H and O–H groups in total. The smallest absolute Gasteiger partial charge is 0.150 e. The van der Waals surface area contributed by atoms with Crippen molar-refractivity contribution in [1.82, 2.24) is 24.6 Å². The zero-order chi connectivity index (χ0) is 16.4. The molecule has 2 atom stereocenters. The molecule has 128 valence electrons. The number of hydrogen-bond donors (Lipinski definition) is 0. The van der Waals surface area contributed by atoms with Crippen LogP contribution in [0.25, 0.3) is 0 Å². The van der Waals surface area contributed by atoms with E-state index in [1.165, 1.54) is 51.0 Å². The van der Waals surface area contributed by atoms with E-state index in [0.717, 1.165) is 18.4 Å². The Morgan fingerprint density at radius 2 is 1.92 bits per heavy atom. The summed E-state index contributed by atoms with van der Waals surface area (Å²) in [6.45, 7) is 8.03. The molecule has 5 nitrogen and oxygen atoms in total. The Morgan fingerprint density at radius 3 is 2.71 bits per heavy atom. The van der Waals surface area contributed by atoms with Crippen molar-refractivity contribution in [3.8, 4) is 0 Å². The summed E-state index contributed by atoms with van der Waals surface area (Å²) in [7, 11) is 0. The topological polar surface area (TPSA) is 37.2 Å². The minimum absolute atomic E-state index is 0.323. The van der Waals surface area contributed by atoms with Gasteiger partial charge < -0.3 is 4.57 Å². The fraction of sp³-hybridized carbons (Fsp3) is 0.579. The first-order valence-corrected chi connectivity index (χ1v) is 9.21. The Labute approximate surface area is 144 Å². The van der Waals surface area contributed by atoms with Crippen LogP contribution >= 0.6 is 0 Å². The van der Waals surface area contributed by atoms with Crippen LogP contribution in [0, 0.1) is 0 Å². The SMILES string of the molecule is CC(c1nncn1Cc1ccccc1)N1CCC(N2CCCC2)C1. The van der Waals surface area contributed by atoms with Crippen molar-refractivity contribution in [3.05, 3.63) is 48.0 Å². The van der Waals surface area contributed by atoms with Crippen molar-refractivity contribution >= 4 is 0 Å². The quantitative estimate of drug-likeness (QED) is 0.847. The Balaban J connectivity index is 1.43. The molecule has 2 saturated heterocycles. The fourth-order valence-electron chi connectivity index (χ4n) is 4.18. The summed E-state index contributed by atoms with van der Waals surface area (Å²) >= 11 is 0. The minimum Gasteiger partial charge on any atom is -0.312 e. The molecule has 2 aliphatic heterocycles. The maximum Gasteiger partial charge on any atom is 0.150 e. The maximum atomic E-state index is 4.44. The monoisotopic (exact) mass is 325 g/mol. The lowest BCUT2D eigenvalue weighted by Crippen LogP contribution is -2.36. The predicted octanol–water partition coefficient (Wildman–Crippen LogP) is 2.56. The van der Waals surface area contributed by atoms with E-state index in [4.69, 9.17) is 0 Å². The first-order chi connectivity index (χ1) is 11.8. The number of aromatic nitrogens is 3. The molecule has 0 radical (unpaired) electrons. The standard InChI is InChI=1S/C19H27N5/c1-16(23-12-9-18(14-23)22-10-5-6-11-22)19-21-20-15-24(19)13-17-7-3-2-4-8-17/h2-4,7-8,15-16,18H,5-6,9-14H2,1H3. The van der Waals surface area contributed by atoms with E-state index in [2.05, 4.69) is 61.8 Å². The van der Waals surface area contributed by atoms with Crippen molar-refractivity contribution in [3.63, 3.8) is 0 Å². The van der Waals surface area contributed by atoms with E-state index in [9.17, 15) is 0 Å². The molecule has 4 rings (SSSR count). The van der Waals surface area contributed by atoms with Gasteiger partial charge in [0.15, 0.2) is 0 Å². The summed E-state index contributed by atoms with van der Waals surface area (Å²) in [5.74, 6) is 1.08. The first-order valence-electron chi connectivity index (χ1n) is 9.21. The van der Waals surface area contributed by atoms with Gasteiger partial charge in [0.1, 0.15) is 12.2 Å². The lowest BCUT2D eigenvalue weighted by molar-refractivity contribution is 0.201. The lowest BCUT2D eigenvalue weighted by Gasteiger charge is -2.27. The second-order valence-corrected chi connectivity index (χ2v) is 7.16. The normalized spacial score (nSPS) is 23.8. The third-order valence-corrected chi connectivity index (χ3v) is 5.61. The lowest BCUT2D eigenvalue weighted by atomic mass is 10.2. The summed E-state index contributed by atoms with van der Waals surface area (Å²) < 4.78 is 2.20. The number of rotatable bonds is 5. The van der Waals surface area contributed by atoms with Gasteiger partial charge in [-0.05, 0) is 44.8 Å². The molecule has 2 unspecified atom stereocenters. The Bertz CT molecular complexity index is 647. The number of benzene rings is 1. The van der Waals surface area contributed by atoms with Gasteiger partial charge in [-0.1, -0.05) is 30.3 Å². The van der Waals surface area contributed by atoms with E-state index in [1.807, 2.05) is 6.33 Å². The zero-order valence-corrected chi connectivity index (χ0v) is 14.5. The molecule has 0 spiro atoms. The first kappa shape index (κ1) is 15.8. The summed E-state index contributed by atoms with van der Waals surface area (Å²) in [6.07, 6.45) is 5.90. The third-order valence-electron chi connectivity index (χ3n) is 5.61. The van der Waals surface area contributed by atoms with Crippen LogP contribution < -0.4 is 0 Å². The molecule has 1 aromatic heterocycles. The van der Waals surface area contributed by atoms with Crippen molar-refractivity contribution in [2.24, 2.45) is 0 Å². The maximum absolute atomic E-state index is 4.44. The van der Waals surface area contributed by atoms with Crippen LogP contribution in [0.4, 0.5) is 0 Å². The van der Waals surface area contributed by atoms with Gasteiger partial charge in [-0.3, -0.25) is 9.80 Å². The highest BCUT2D eigenvalue weighted by Crippen LogP contribution is 2.27. The van der Waals surface area contributed by atoms with Crippen LogP contribution in [0.15, 0.2) is 36.7 Å². The molecule has 2 aliphatic rings. The second kappa shape index (κ2) is 7.03. The van der Waals surface area contributed by atoms with E-state index in [0.29, 0.717) is 6.04 Å². The van der Waals surface area contributed by atoms with Gasteiger partial charge in [0.2, 0.25) is 0 Å². The molecule has 0 amide bonds. The Hall–Kier alpha value is -1.72. The van der Waals surface area contributed by atoms with Crippen LogP contribution in [-0.2, 0) is 6.54 Å². The molecule has 0 aliphatic carbocycles. The number of hydrogen-bond acceptors (Lipinski definition) is 4. The second-order valence-electron chi connectivity index (χ2n) is 7.16. The summed E-state index contributed by atoms with van der Waals surface area (Å²) in [5, 5.41) is 8.62. The molecule has 2 aromatic rings. The van der Waals surface area contributed by atoms with Crippen molar-refractivity contribution in [2.45, 2.75) is 44.8 Å². The molecule has 0 saturated carbocycles. The van der Waals surface area contributed by atoms with Crippen molar-refractivity contribution in [2.75, 3.05) is 26.2 Å². The van der Waals surface area contributed by atoms with E-state index < -0.39 is 0 Å². The molecule has 3 heterocycles. The van der Waals surface area contributed by atoms with E-state index in [-0.39, 0.29) is 0 Å². The average Bonchev–Trinajstić information content (AvgIpc) is 3.36. The fourth-order valence-corrected chi connectivity index (χ4v) is 4.18. The van der Waals surface area contributed by atoms with Gasteiger partial charge in [0, 0.05) is 19.1 Å². The molecule has 1 aromatic carbocycles. The van der Waals surface area contributed by atoms with Crippen molar-refractivity contribution < 1.29 is 0 Å². The van der Waals surface area contributed by atoms with Crippen LogP contribution in [0.2, 0.25) is 0 Å². The van der Waals surface area contributed by atoms with Gasteiger partial charge in [-0.2, -0.15) is 0 Å². The van der Waals surface area contributed by atoms with Gasteiger partial charge in [-0.15, -0.1) is 10.2 Å². The predicted molar refractivity (Wildman–Crippen MR) is 94.8 cm³/mol. The minimum atomic E-state index is 0.323. The number of likely N-dealkylation sites (tertiary alicyclic amines) is 2.